The SMILES string of the molecule is OCc1ccc(CNCc2cnsc2)c(F)c1. The van der Waals surface area contributed by atoms with Crippen LogP contribution in [0.4, 0.5) is 4.39 Å². The van der Waals surface area contributed by atoms with Crippen LogP contribution >= 0.6 is 11.5 Å². The minimum Gasteiger partial charge on any atom is -0.392 e. The fourth-order valence-corrected chi connectivity index (χ4v) is 2.02. The molecule has 0 radical (unpaired) electrons. The number of hydrogen-bond donors (Lipinski definition) is 2. The van der Waals surface area contributed by atoms with E-state index in [2.05, 4.69) is 9.69 Å². The Labute approximate surface area is 103 Å². The van der Waals surface area contributed by atoms with Gasteiger partial charge in [-0.05, 0) is 28.7 Å². The minimum absolute atomic E-state index is 0.134. The van der Waals surface area contributed by atoms with E-state index in [1.807, 2.05) is 5.38 Å². The third-order valence-electron chi connectivity index (χ3n) is 2.43. The Morgan fingerprint density at radius 1 is 1.29 bits per heavy atom. The van der Waals surface area contributed by atoms with Crippen LogP contribution in [-0.2, 0) is 19.7 Å². The molecule has 1 aromatic carbocycles. The number of hydrogen-bond acceptors (Lipinski definition) is 4. The Morgan fingerprint density at radius 3 is 2.82 bits per heavy atom. The van der Waals surface area contributed by atoms with Gasteiger partial charge in [-0.3, -0.25) is 0 Å². The van der Waals surface area contributed by atoms with Gasteiger partial charge in [0.15, 0.2) is 0 Å². The van der Waals surface area contributed by atoms with E-state index in [9.17, 15) is 4.39 Å². The van der Waals surface area contributed by atoms with Gasteiger partial charge in [0.2, 0.25) is 0 Å². The Kier molecular flexibility index (Phi) is 4.19. The van der Waals surface area contributed by atoms with Gasteiger partial charge in [-0.15, -0.1) is 0 Å². The van der Waals surface area contributed by atoms with Crippen molar-refractivity contribution in [3.63, 3.8) is 0 Å². The third-order valence-corrected chi connectivity index (χ3v) is 3.06. The lowest BCUT2D eigenvalue weighted by atomic mass is 10.1. The predicted molar refractivity (Wildman–Crippen MR) is 65.0 cm³/mol. The van der Waals surface area contributed by atoms with Crippen molar-refractivity contribution in [1.29, 1.82) is 0 Å². The lowest BCUT2D eigenvalue weighted by molar-refractivity contribution is 0.281. The molecule has 0 aliphatic heterocycles. The molecule has 2 rings (SSSR count). The average molecular weight is 252 g/mol. The van der Waals surface area contributed by atoms with Crippen LogP contribution in [0.2, 0.25) is 0 Å². The highest BCUT2D eigenvalue weighted by Crippen LogP contribution is 2.11. The third kappa shape index (κ3) is 3.33. The molecule has 2 aromatic rings. The van der Waals surface area contributed by atoms with E-state index in [0.717, 1.165) is 5.56 Å². The second-order valence-electron chi connectivity index (χ2n) is 3.72. The van der Waals surface area contributed by atoms with Gasteiger partial charge in [0.1, 0.15) is 5.82 Å². The molecule has 17 heavy (non-hydrogen) atoms. The van der Waals surface area contributed by atoms with E-state index < -0.39 is 0 Å². The molecule has 0 aliphatic rings. The molecule has 0 atom stereocenters. The predicted octanol–water partition coefficient (Wildman–Crippen LogP) is 2.06. The zero-order valence-corrected chi connectivity index (χ0v) is 10.0. The number of halogens is 1. The molecular weight excluding hydrogens is 239 g/mol. The standard InChI is InChI=1S/C12H13FN2OS/c13-12-3-9(7-16)1-2-11(12)6-14-4-10-5-15-17-8-10/h1-3,5,8,14,16H,4,6-7H2. The van der Waals surface area contributed by atoms with E-state index in [4.69, 9.17) is 5.11 Å². The molecule has 0 aliphatic carbocycles. The first-order chi connectivity index (χ1) is 8.29. The molecule has 0 fully saturated rings. The minimum atomic E-state index is -0.285. The van der Waals surface area contributed by atoms with Crippen LogP contribution in [0.3, 0.4) is 0 Å². The summed E-state index contributed by atoms with van der Waals surface area (Å²) >= 11 is 1.40. The summed E-state index contributed by atoms with van der Waals surface area (Å²) in [7, 11) is 0. The topological polar surface area (TPSA) is 45.1 Å². The molecule has 1 aromatic heterocycles. The first-order valence-electron chi connectivity index (χ1n) is 5.26. The summed E-state index contributed by atoms with van der Waals surface area (Å²) in [6.07, 6.45) is 1.79. The van der Waals surface area contributed by atoms with Gasteiger partial charge in [0.25, 0.3) is 0 Å². The number of aromatic nitrogens is 1. The van der Waals surface area contributed by atoms with Crippen LogP contribution in [0.25, 0.3) is 0 Å². The normalized spacial score (nSPS) is 10.7. The van der Waals surface area contributed by atoms with Crippen LogP contribution < -0.4 is 5.32 Å². The number of nitrogens with zero attached hydrogens (tertiary/aromatic N) is 1. The van der Waals surface area contributed by atoms with Crippen molar-refractivity contribution < 1.29 is 9.50 Å². The van der Waals surface area contributed by atoms with Crippen LogP contribution in [0, 0.1) is 5.82 Å². The average Bonchev–Trinajstić information content (AvgIpc) is 2.84. The van der Waals surface area contributed by atoms with Crippen molar-refractivity contribution in [2.24, 2.45) is 0 Å². The van der Waals surface area contributed by atoms with Crippen LogP contribution in [0.5, 0.6) is 0 Å². The molecule has 0 amide bonds. The molecule has 0 unspecified atom stereocenters. The molecule has 2 N–H and O–H groups in total. The maximum Gasteiger partial charge on any atom is 0.128 e. The summed E-state index contributed by atoms with van der Waals surface area (Å²) in [5, 5.41) is 14.0. The molecular formula is C12H13FN2OS. The van der Waals surface area contributed by atoms with E-state index in [0.29, 0.717) is 24.2 Å². The zero-order valence-electron chi connectivity index (χ0n) is 9.19. The number of aliphatic hydroxyl groups is 1. The Bertz CT molecular complexity index is 473. The molecule has 90 valence electrons. The molecule has 3 nitrogen and oxygen atoms in total. The first-order valence-corrected chi connectivity index (χ1v) is 6.10. The molecule has 1 heterocycles. The first kappa shape index (κ1) is 12.2. The van der Waals surface area contributed by atoms with Gasteiger partial charge >= 0.3 is 0 Å². The van der Waals surface area contributed by atoms with Crippen molar-refractivity contribution in [2.45, 2.75) is 19.7 Å². The fraction of sp³-hybridized carbons (Fsp3) is 0.250. The number of aliphatic hydroxyl groups excluding tert-OH is 1. The van der Waals surface area contributed by atoms with Gasteiger partial charge in [-0.2, -0.15) is 0 Å². The lowest BCUT2D eigenvalue weighted by Crippen LogP contribution is -2.13. The summed E-state index contributed by atoms with van der Waals surface area (Å²) in [5.41, 5.74) is 2.29. The smallest absolute Gasteiger partial charge is 0.128 e. The van der Waals surface area contributed by atoms with E-state index >= 15 is 0 Å². The van der Waals surface area contributed by atoms with Crippen LogP contribution in [0.15, 0.2) is 29.8 Å². The highest BCUT2D eigenvalue weighted by molar-refractivity contribution is 7.03. The monoisotopic (exact) mass is 252 g/mol. The number of benzene rings is 1. The number of nitrogens with one attached hydrogen (secondary N) is 1. The largest absolute Gasteiger partial charge is 0.392 e. The molecule has 0 saturated carbocycles. The van der Waals surface area contributed by atoms with E-state index in [-0.39, 0.29) is 12.4 Å². The second-order valence-corrected chi connectivity index (χ2v) is 4.38. The summed E-state index contributed by atoms with van der Waals surface area (Å²) < 4.78 is 17.5. The van der Waals surface area contributed by atoms with Crippen molar-refractivity contribution in [2.75, 3.05) is 0 Å². The van der Waals surface area contributed by atoms with Gasteiger partial charge in [0, 0.05) is 30.2 Å². The summed E-state index contributed by atoms with van der Waals surface area (Å²) in [4.78, 5) is 0. The Hall–Kier alpha value is -1.30. The molecule has 0 saturated heterocycles. The van der Waals surface area contributed by atoms with Gasteiger partial charge < -0.3 is 10.4 Å². The van der Waals surface area contributed by atoms with Crippen molar-refractivity contribution in [3.8, 4) is 0 Å². The van der Waals surface area contributed by atoms with Gasteiger partial charge in [0.05, 0.1) is 6.61 Å². The highest BCUT2D eigenvalue weighted by atomic mass is 32.1. The summed E-state index contributed by atoms with van der Waals surface area (Å²) in [5.74, 6) is -0.285. The lowest BCUT2D eigenvalue weighted by Gasteiger charge is -2.06. The fourth-order valence-electron chi connectivity index (χ4n) is 1.49. The second kappa shape index (κ2) is 5.86. The molecule has 5 heteroatoms. The van der Waals surface area contributed by atoms with Crippen molar-refractivity contribution >= 4 is 11.5 Å². The Balaban J connectivity index is 1.90. The van der Waals surface area contributed by atoms with Crippen LogP contribution in [0.1, 0.15) is 16.7 Å². The number of rotatable bonds is 5. The van der Waals surface area contributed by atoms with E-state index in [1.54, 1.807) is 18.3 Å². The van der Waals surface area contributed by atoms with Gasteiger partial charge in [-0.1, -0.05) is 12.1 Å². The van der Waals surface area contributed by atoms with Crippen LogP contribution in [-0.4, -0.2) is 9.48 Å². The maximum atomic E-state index is 13.5. The maximum absolute atomic E-state index is 13.5. The quantitative estimate of drug-likeness (QED) is 0.856. The van der Waals surface area contributed by atoms with Gasteiger partial charge in [-0.25, -0.2) is 8.76 Å². The molecule has 0 bridgehead atoms. The van der Waals surface area contributed by atoms with E-state index in [1.165, 1.54) is 17.6 Å². The molecule has 0 spiro atoms. The summed E-state index contributed by atoms with van der Waals surface area (Å²) in [6, 6.07) is 4.79. The van der Waals surface area contributed by atoms with Crippen molar-refractivity contribution in [3.05, 3.63) is 52.3 Å². The zero-order chi connectivity index (χ0) is 12.1. The highest BCUT2D eigenvalue weighted by Gasteiger charge is 2.03. The summed E-state index contributed by atoms with van der Waals surface area (Å²) in [6.45, 7) is 1.01. The Morgan fingerprint density at radius 2 is 2.18 bits per heavy atom. The van der Waals surface area contributed by atoms with Crippen molar-refractivity contribution in [1.82, 2.24) is 9.69 Å².